The van der Waals surface area contributed by atoms with Gasteiger partial charge in [-0.15, -0.1) is 0 Å². The molecule has 2 aromatic heterocycles. The summed E-state index contributed by atoms with van der Waals surface area (Å²) in [5.41, 5.74) is 15.6. The summed E-state index contributed by atoms with van der Waals surface area (Å²) < 4.78 is 8.74. The van der Waals surface area contributed by atoms with Gasteiger partial charge in [-0.3, -0.25) is 0 Å². The topological polar surface area (TPSA) is 21.3 Å². The lowest BCUT2D eigenvalue weighted by Gasteiger charge is -2.28. The third-order valence-electron chi connectivity index (χ3n) is 13.2. The Hall–Kier alpha value is -8.66. The standard InChI is InChI=1S/C62H40N2O/c1-3-15-42(16-4-1)49-25-13-17-44-18-14-26-50(61(44)49)43-31-36-48(37-32-43)63(47-34-29-41(30-35-47)45-33-38-53-52-22-10-12-28-59(52)65-60(53)39-45)57-40-58-62(54-23-8-7-21-51(54)57)55-24-9-11-27-56(55)64(58)46-19-5-2-6-20-46/h1-40H. The Morgan fingerprint density at radius 1 is 0.323 bits per heavy atom. The average Bonchev–Trinajstić information content (AvgIpc) is 3.92. The third kappa shape index (κ3) is 6.05. The minimum atomic E-state index is 0.894. The molecule has 0 unspecified atom stereocenters. The third-order valence-corrected chi connectivity index (χ3v) is 13.2. The summed E-state index contributed by atoms with van der Waals surface area (Å²) in [6, 6.07) is 87.8. The quantitative estimate of drug-likeness (QED) is 0.160. The molecular formula is C62H40N2O. The summed E-state index contributed by atoms with van der Waals surface area (Å²) in [7, 11) is 0. The molecule has 0 radical (unpaired) electrons. The summed E-state index contributed by atoms with van der Waals surface area (Å²) in [4.78, 5) is 2.43. The molecule has 0 amide bonds. The SMILES string of the molecule is c1ccc(-c2cccc3cccc(-c4ccc(N(c5ccc(-c6ccc7c(c6)oc6ccccc67)cc5)c5cc6c(c7ccccc57)c5ccccc5n6-c5ccccc5)cc4)c23)cc1. The van der Waals surface area contributed by atoms with Crippen molar-refractivity contribution in [3.63, 3.8) is 0 Å². The van der Waals surface area contributed by atoms with Gasteiger partial charge in [-0.05, 0) is 116 Å². The zero-order chi connectivity index (χ0) is 42.8. The minimum Gasteiger partial charge on any atom is -0.456 e. The first-order chi connectivity index (χ1) is 32.2. The second kappa shape index (κ2) is 15.0. The molecule has 3 nitrogen and oxygen atoms in total. The van der Waals surface area contributed by atoms with Crippen molar-refractivity contribution in [3.8, 4) is 39.1 Å². The Kier molecular flexibility index (Phi) is 8.53. The Morgan fingerprint density at radius 2 is 0.877 bits per heavy atom. The van der Waals surface area contributed by atoms with Gasteiger partial charge in [0.15, 0.2) is 0 Å². The Labute approximate surface area is 376 Å². The molecule has 0 spiro atoms. The molecule has 0 aliphatic rings. The van der Waals surface area contributed by atoms with Gasteiger partial charge in [-0.25, -0.2) is 0 Å². The lowest BCUT2D eigenvalue weighted by atomic mass is 9.91. The van der Waals surface area contributed by atoms with Crippen molar-refractivity contribution >= 4 is 82.4 Å². The number of para-hydroxylation sites is 3. The number of anilines is 3. The summed E-state index contributed by atoms with van der Waals surface area (Å²) in [6.07, 6.45) is 0. The van der Waals surface area contributed by atoms with E-state index in [0.29, 0.717) is 0 Å². The number of hydrogen-bond donors (Lipinski definition) is 0. The second-order valence-electron chi connectivity index (χ2n) is 16.8. The maximum Gasteiger partial charge on any atom is 0.136 e. The smallest absolute Gasteiger partial charge is 0.136 e. The number of hydrogen-bond acceptors (Lipinski definition) is 2. The Morgan fingerprint density at radius 3 is 1.60 bits per heavy atom. The van der Waals surface area contributed by atoms with E-state index in [-0.39, 0.29) is 0 Å². The van der Waals surface area contributed by atoms with E-state index in [1.807, 2.05) is 12.1 Å². The number of furan rings is 1. The fourth-order valence-electron chi connectivity index (χ4n) is 10.2. The van der Waals surface area contributed by atoms with Gasteiger partial charge in [0.05, 0.1) is 16.7 Å². The van der Waals surface area contributed by atoms with Crippen LogP contribution in [0.2, 0.25) is 0 Å². The van der Waals surface area contributed by atoms with Gasteiger partial charge in [0.1, 0.15) is 11.2 Å². The molecule has 65 heavy (non-hydrogen) atoms. The highest BCUT2D eigenvalue weighted by molar-refractivity contribution is 6.24. The monoisotopic (exact) mass is 828 g/mol. The highest BCUT2D eigenvalue weighted by atomic mass is 16.3. The minimum absolute atomic E-state index is 0.894. The fraction of sp³-hybridized carbons (Fsp3) is 0. The zero-order valence-corrected chi connectivity index (χ0v) is 35.4. The summed E-state index contributed by atoms with van der Waals surface area (Å²) >= 11 is 0. The fourth-order valence-corrected chi connectivity index (χ4v) is 10.2. The van der Waals surface area contributed by atoms with E-state index in [4.69, 9.17) is 4.42 Å². The van der Waals surface area contributed by atoms with Crippen LogP contribution < -0.4 is 4.90 Å². The molecule has 11 aromatic carbocycles. The molecule has 0 saturated carbocycles. The van der Waals surface area contributed by atoms with E-state index in [0.717, 1.165) is 61.3 Å². The highest BCUT2D eigenvalue weighted by Crippen LogP contribution is 2.47. The van der Waals surface area contributed by atoms with E-state index in [1.165, 1.54) is 60.1 Å². The van der Waals surface area contributed by atoms with Crippen LogP contribution in [-0.2, 0) is 0 Å². The second-order valence-corrected chi connectivity index (χ2v) is 16.8. The van der Waals surface area contributed by atoms with Gasteiger partial charge in [-0.2, -0.15) is 0 Å². The van der Waals surface area contributed by atoms with Crippen molar-refractivity contribution < 1.29 is 4.42 Å². The summed E-state index contributed by atoms with van der Waals surface area (Å²) in [5, 5.41) is 9.63. The van der Waals surface area contributed by atoms with Crippen LogP contribution in [0.1, 0.15) is 0 Å². The number of aromatic nitrogens is 1. The normalized spacial score (nSPS) is 11.7. The zero-order valence-electron chi connectivity index (χ0n) is 35.4. The van der Waals surface area contributed by atoms with E-state index >= 15 is 0 Å². The van der Waals surface area contributed by atoms with Crippen LogP contribution in [0, 0.1) is 0 Å². The Bertz CT molecular complexity index is 3910. The molecule has 0 aliphatic carbocycles. The molecule has 0 fully saturated rings. The van der Waals surface area contributed by atoms with Gasteiger partial charge in [-0.1, -0.05) is 176 Å². The molecule has 0 N–H and O–H groups in total. The maximum atomic E-state index is 6.32. The molecule has 2 heterocycles. The first-order valence-corrected chi connectivity index (χ1v) is 22.2. The molecule has 0 aliphatic heterocycles. The number of fused-ring (bicyclic) bond motifs is 9. The van der Waals surface area contributed by atoms with Crippen LogP contribution in [-0.4, -0.2) is 4.57 Å². The molecule has 13 rings (SSSR count). The molecule has 3 heteroatoms. The predicted octanol–water partition coefficient (Wildman–Crippen LogP) is 17.5. The molecule has 0 atom stereocenters. The Balaban J connectivity index is 1.01. The van der Waals surface area contributed by atoms with Crippen molar-refractivity contribution in [1.29, 1.82) is 0 Å². The van der Waals surface area contributed by atoms with Crippen molar-refractivity contribution in [2.24, 2.45) is 0 Å². The van der Waals surface area contributed by atoms with Crippen LogP contribution in [0.3, 0.4) is 0 Å². The van der Waals surface area contributed by atoms with Gasteiger partial charge in [0.25, 0.3) is 0 Å². The van der Waals surface area contributed by atoms with E-state index in [9.17, 15) is 0 Å². The largest absolute Gasteiger partial charge is 0.456 e. The van der Waals surface area contributed by atoms with Crippen LogP contribution in [0.4, 0.5) is 17.1 Å². The van der Waals surface area contributed by atoms with Crippen molar-refractivity contribution in [2.75, 3.05) is 4.90 Å². The van der Waals surface area contributed by atoms with Crippen molar-refractivity contribution in [3.05, 3.63) is 243 Å². The first-order valence-electron chi connectivity index (χ1n) is 22.2. The van der Waals surface area contributed by atoms with E-state index in [2.05, 4.69) is 240 Å². The van der Waals surface area contributed by atoms with Crippen LogP contribution in [0.5, 0.6) is 0 Å². The van der Waals surface area contributed by atoms with Crippen LogP contribution in [0.25, 0.3) is 104 Å². The average molecular weight is 829 g/mol. The molecule has 13 aromatic rings. The molecular weight excluding hydrogens is 789 g/mol. The first kappa shape index (κ1) is 36.9. The van der Waals surface area contributed by atoms with Crippen LogP contribution in [0.15, 0.2) is 247 Å². The van der Waals surface area contributed by atoms with Gasteiger partial charge < -0.3 is 13.9 Å². The van der Waals surface area contributed by atoms with Crippen LogP contribution >= 0.6 is 0 Å². The van der Waals surface area contributed by atoms with Crippen molar-refractivity contribution in [2.45, 2.75) is 0 Å². The summed E-state index contributed by atoms with van der Waals surface area (Å²) in [6.45, 7) is 0. The predicted molar refractivity (Wildman–Crippen MR) is 274 cm³/mol. The highest BCUT2D eigenvalue weighted by Gasteiger charge is 2.22. The van der Waals surface area contributed by atoms with E-state index < -0.39 is 0 Å². The number of nitrogens with zero attached hydrogens (tertiary/aromatic N) is 2. The molecule has 0 saturated heterocycles. The lowest BCUT2D eigenvalue weighted by molar-refractivity contribution is 0.669. The molecule has 0 bridgehead atoms. The number of rotatable bonds is 7. The number of benzene rings is 11. The van der Waals surface area contributed by atoms with Gasteiger partial charge >= 0.3 is 0 Å². The van der Waals surface area contributed by atoms with Crippen molar-refractivity contribution in [1.82, 2.24) is 4.57 Å². The van der Waals surface area contributed by atoms with E-state index in [1.54, 1.807) is 0 Å². The van der Waals surface area contributed by atoms with Gasteiger partial charge in [0, 0.05) is 44.0 Å². The summed E-state index contributed by atoms with van der Waals surface area (Å²) in [5.74, 6) is 0. The lowest BCUT2D eigenvalue weighted by Crippen LogP contribution is -2.11. The maximum absolute atomic E-state index is 6.32. The van der Waals surface area contributed by atoms with Gasteiger partial charge in [0.2, 0.25) is 0 Å². The molecule has 304 valence electrons.